The van der Waals surface area contributed by atoms with Crippen molar-refractivity contribution in [3.05, 3.63) is 17.5 Å². The van der Waals surface area contributed by atoms with Gasteiger partial charge in [-0.15, -0.1) is 0 Å². The van der Waals surface area contributed by atoms with Crippen LogP contribution < -0.4 is 5.32 Å². The zero-order chi connectivity index (χ0) is 15.4. The van der Waals surface area contributed by atoms with E-state index in [1.807, 2.05) is 20.8 Å². The first-order chi connectivity index (χ1) is 9.27. The average Bonchev–Trinajstić information content (AvgIpc) is 2.81. The largest absolute Gasteiger partial charge is 0.481 e. The van der Waals surface area contributed by atoms with Crippen molar-refractivity contribution in [1.29, 1.82) is 0 Å². The van der Waals surface area contributed by atoms with Gasteiger partial charge in [0.25, 0.3) is 5.91 Å². The number of carboxylic acid groups (broad SMARTS) is 1. The molecule has 0 aliphatic carbocycles. The molecular formula is C14H23N3O3. The van der Waals surface area contributed by atoms with Gasteiger partial charge in [-0.05, 0) is 32.8 Å². The summed E-state index contributed by atoms with van der Waals surface area (Å²) in [6.07, 6.45) is 0. The first-order valence-electron chi connectivity index (χ1n) is 6.89. The number of amides is 1. The Hall–Kier alpha value is -1.85. The molecular weight excluding hydrogens is 258 g/mol. The van der Waals surface area contributed by atoms with Crippen molar-refractivity contribution in [2.24, 2.45) is 5.92 Å². The topological polar surface area (TPSA) is 84.2 Å². The first-order valence-corrected chi connectivity index (χ1v) is 6.89. The number of carboxylic acids is 1. The van der Waals surface area contributed by atoms with Gasteiger partial charge in [0.2, 0.25) is 0 Å². The molecule has 1 amide bonds. The second kappa shape index (κ2) is 6.54. The van der Waals surface area contributed by atoms with Crippen molar-refractivity contribution in [2.75, 3.05) is 0 Å². The summed E-state index contributed by atoms with van der Waals surface area (Å²) in [5.41, 5.74) is 1.33. The summed E-state index contributed by atoms with van der Waals surface area (Å²) in [7, 11) is 0. The van der Waals surface area contributed by atoms with Crippen LogP contribution in [-0.4, -0.2) is 32.8 Å². The maximum Gasteiger partial charge on any atom is 0.308 e. The Kier molecular flexibility index (Phi) is 5.30. The van der Waals surface area contributed by atoms with Crippen LogP contribution in [0.5, 0.6) is 0 Å². The Morgan fingerprint density at radius 2 is 1.95 bits per heavy atom. The van der Waals surface area contributed by atoms with Gasteiger partial charge >= 0.3 is 5.97 Å². The molecule has 6 heteroatoms. The van der Waals surface area contributed by atoms with Crippen LogP contribution >= 0.6 is 0 Å². The highest BCUT2D eigenvalue weighted by Crippen LogP contribution is 2.15. The molecule has 2 unspecified atom stereocenters. The van der Waals surface area contributed by atoms with Crippen molar-refractivity contribution in [3.8, 4) is 0 Å². The second-order valence-corrected chi connectivity index (χ2v) is 5.31. The summed E-state index contributed by atoms with van der Waals surface area (Å²) < 4.78 is 1.64. The number of aromatic nitrogens is 2. The number of aryl methyl sites for hydroxylation is 1. The smallest absolute Gasteiger partial charge is 0.308 e. The Bertz CT molecular complexity index is 494. The van der Waals surface area contributed by atoms with Crippen molar-refractivity contribution >= 4 is 11.9 Å². The Morgan fingerprint density at radius 1 is 1.35 bits per heavy atom. The van der Waals surface area contributed by atoms with E-state index in [2.05, 4.69) is 10.4 Å². The zero-order valence-electron chi connectivity index (χ0n) is 12.7. The molecule has 0 spiro atoms. The third kappa shape index (κ3) is 3.59. The molecule has 1 heterocycles. The summed E-state index contributed by atoms with van der Waals surface area (Å²) in [5, 5.41) is 16.0. The van der Waals surface area contributed by atoms with E-state index >= 15 is 0 Å². The highest BCUT2D eigenvalue weighted by Gasteiger charge is 2.23. The number of carbonyl (C=O) groups excluding carboxylic acids is 1. The van der Waals surface area contributed by atoms with Gasteiger partial charge in [0.15, 0.2) is 0 Å². The predicted molar refractivity (Wildman–Crippen MR) is 75.7 cm³/mol. The van der Waals surface area contributed by atoms with Crippen molar-refractivity contribution < 1.29 is 14.7 Å². The molecule has 0 aromatic carbocycles. The minimum absolute atomic E-state index is 0.240. The molecule has 0 radical (unpaired) electrons. The summed E-state index contributed by atoms with van der Waals surface area (Å²) in [5.74, 6) is -1.61. The van der Waals surface area contributed by atoms with Crippen LogP contribution in [0, 0.1) is 5.92 Å². The number of hydrogen-bond acceptors (Lipinski definition) is 3. The second-order valence-electron chi connectivity index (χ2n) is 5.31. The number of nitrogens with one attached hydrogen (secondary N) is 1. The van der Waals surface area contributed by atoms with Crippen LogP contribution in [0.4, 0.5) is 0 Å². The molecule has 112 valence electrons. The number of hydrogen-bond donors (Lipinski definition) is 2. The lowest BCUT2D eigenvalue weighted by Gasteiger charge is -2.17. The molecule has 2 N–H and O–H groups in total. The summed E-state index contributed by atoms with van der Waals surface area (Å²) in [6.45, 7) is 9.80. The van der Waals surface area contributed by atoms with Gasteiger partial charge in [-0.2, -0.15) is 5.10 Å². The highest BCUT2D eigenvalue weighted by atomic mass is 16.4. The number of nitrogens with zero attached hydrogens (tertiary/aromatic N) is 2. The molecule has 6 nitrogen and oxygen atoms in total. The van der Waals surface area contributed by atoms with Gasteiger partial charge in [0.05, 0.1) is 11.6 Å². The SMILES string of the molecule is CCn1nc(C(C)C)cc1C(=O)NC(C)C(C)C(=O)O. The number of aliphatic carboxylic acids is 1. The standard InChI is InChI=1S/C14H23N3O3/c1-6-17-12(7-11(16-17)8(2)3)13(18)15-10(5)9(4)14(19)20/h7-10H,6H2,1-5H3,(H,15,18)(H,19,20). The van der Waals surface area contributed by atoms with Gasteiger partial charge < -0.3 is 10.4 Å². The minimum Gasteiger partial charge on any atom is -0.481 e. The number of carbonyl (C=O) groups is 2. The van der Waals surface area contributed by atoms with E-state index in [1.165, 1.54) is 0 Å². The van der Waals surface area contributed by atoms with Crippen LogP contribution in [0.1, 0.15) is 56.7 Å². The van der Waals surface area contributed by atoms with Crippen LogP contribution in [0.2, 0.25) is 0 Å². The van der Waals surface area contributed by atoms with E-state index in [9.17, 15) is 9.59 Å². The lowest BCUT2D eigenvalue weighted by Crippen LogP contribution is -2.40. The van der Waals surface area contributed by atoms with Crippen molar-refractivity contribution in [2.45, 2.75) is 53.1 Å². The van der Waals surface area contributed by atoms with Gasteiger partial charge in [0.1, 0.15) is 5.69 Å². The fourth-order valence-corrected chi connectivity index (χ4v) is 1.76. The molecule has 0 aliphatic rings. The van der Waals surface area contributed by atoms with Crippen LogP contribution in [0.15, 0.2) is 6.07 Å². The van der Waals surface area contributed by atoms with E-state index in [0.717, 1.165) is 5.69 Å². The Labute approximate surface area is 119 Å². The van der Waals surface area contributed by atoms with E-state index in [1.54, 1.807) is 24.6 Å². The molecule has 0 aliphatic heterocycles. The lowest BCUT2D eigenvalue weighted by molar-refractivity contribution is -0.141. The maximum atomic E-state index is 12.2. The quantitative estimate of drug-likeness (QED) is 0.833. The maximum absolute atomic E-state index is 12.2. The van der Waals surface area contributed by atoms with Gasteiger partial charge in [0, 0.05) is 12.6 Å². The summed E-state index contributed by atoms with van der Waals surface area (Å²) in [4.78, 5) is 23.1. The van der Waals surface area contributed by atoms with E-state index in [-0.39, 0.29) is 11.8 Å². The van der Waals surface area contributed by atoms with Crippen molar-refractivity contribution in [3.63, 3.8) is 0 Å². The third-order valence-electron chi connectivity index (χ3n) is 3.42. The average molecular weight is 281 g/mol. The molecule has 0 saturated heterocycles. The van der Waals surface area contributed by atoms with Crippen LogP contribution in [0.25, 0.3) is 0 Å². The van der Waals surface area contributed by atoms with Crippen LogP contribution in [-0.2, 0) is 11.3 Å². The molecule has 1 rings (SSSR count). The molecule has 0 saturated carbocycles. The van der Waals surface area contributed by atoms with Crippen molar-refractivity contribution in [1.82, 2.24) is 15.1 Å². The minimum atomic E-state index is -0.926. The summed E-state index contributed by atoms with van der Waals surface area (Å²) >= 11 is 0. The van der Waals surface area contributed by atoms with Gasteiger partial charge in [-0.1, -0.05) is 13.8 Å². The Morgan fingerprint density at radius 3 is 2.40 bits per heavy atom. The summed E-state index contributed by atoms with van der Waals surface area (Å²) in [6, 6.07) is 1.32. The molecule has 0 bridgehead atoms. The van der Waals surface area contributed by atoms with E-state index in [4.69, 9.17) is 5.11 Å². The predicted octanol–water partition coefficient (Wildman–Crippen LogP) is 1.87. The number of rotatable bonds is 6. The zero-order valence-corrected chi connectivity index (χ0v) is 12.7. The molecule has 2 atom stereocenters. The third-order valence-corrected chi connectivity index (χ3v) is 3.42. The molecule has 1 aromatic heterocycles. The lowest BCUT2D eigenvalue weighted by atomic mass is 10.0. The first kappa shape index (κ1) is 16.2. The Balaban J connectivity index is 2.89. The highest BCUT2D eigenvalue weighted by molar-refractivity contribution is 5.93. The normalized spacial score (nSPS) is 14.1. The fraction of sp³-hybridized carbons (Fsp3) is 0.643. The van der Waals surface area contributed by atoms with E-state index < -0.39 is 17.9 Å². The molecule has 1 aromatic rings. The van der Waals surface area contributed by atoms with Crippen LogP contribution in [0.3, 0.4) is 0 Å². The van der Waals surface area contributed by atoms with Gasteiger partial charge in [-0.3, -0.25) is 14.3 Å². The monoisotopic (exact) mass is 281 g/mol. The fourth-order valence-electron chi connectivity index (χ4n) is 1.76. The molecule has 0 fully saturated rings. The van der Waals surface area contributed by atoms with E-state index in [0.29, 0.717) is 12.2 Å². The molecule has 20 heavy (non-hydrogen) atoms. The van der Waals surface area contributed by atoms with Gasteiger partial charge in [-0.25, -0.2) is 0 Å².